The van der Waals surface area contributed by atoms with Crippen molar-refractivity contribution < 1.29 is 4.74 Å². The minimum absolute atomic E-state index is 0.0873. The summed E-state index contributed by atoms with van der Waals surface area (Å²) in [7, 11) is 3.81. The molecule has 0 aliphatic rings. The number of benzene rings is 1. The van der Waals surface area contributed by atoms with Gasteiger partial charge in [-0.05, 0) is 43.1 Å². The highest BCUT2D eigenvalue weighted by Crippen LogP contribution is 2.28. The van der Waals surface area contributed by atoms with Crippen LogP contribution in [0, 0.1) is 0 Å². The molecule has 20 heavy (non-hydrogen) atoms. The molecule has 0 fully saturated rings. The van der Waals surface area contributed by atoms with E-state index in [1.54, 1.807) is 18.4 Å². The first-order chi connectivity index (χ1) is 9.61. The fraction of sp³-hybridized carbons (Fsp3) is 0.375. The molecule has 0 saturated carbocycles. The molecule has 1 aromatic heterocycles. The van der Waals surface area contributed by atoms with Gasteiger partial charge in [0.25, 0.3) is 0 Å². The molecule has 2 atom stereocenters. The van der Waals surface area contributed by atoms with Crippen LogP contribution in [0.5, 0.6) is 5.75 Å². The highest BCUT2D eigenvalue weighted by molar-refractivity contribution is 7.10. The lowest BCUT2D eigenvalue weighted by Gasteiger charge is -2.30. The predicted octanol–water partition coefficient (Wildman–Crippen LogP) is 3.28. The first-order valence-electron chi connectivity index (χ1n) is 6.74. The van der Waals surface area contributed by atoms with Crippen molar-refractivity contribution >= 4 is 11.3 Å². The Morgan fingerprint density at radius 1 is 1.30 bits per heavy atom. The molecule has 3 nitrogen and oxygen atoms in total. The quantitative estimate of drug-likeness (QED) is 0.887. The zero-order valence-corrected chi connectivity index (χ0v) is 13.1. The van der Waals surface area contributed by atoms with Crippen molar-refractivity contribution in [3.8, 4) is 5.75 Å². The Labute approximate surface area is 125 Å². The summed E-state index contributed by atoms with van der Waals surface area (Å²) in [5, 5.41) is 2.10. The van der Waals surface area contributed by atoms with Crippen LogP contribution < -0.4 is 10.5 Å². The summed E-state index contributed by atoms with van der Waals surface area (Å²) in [6, 6.07) is 12.7. The first-order valence-corrected chi connectivity index (χ1v) is 7.62. The van der Waals surface area contributed by atoms with E-state index in [0.717, 1.165) is 12.3 Å². The lowest BCUT2D eigenvalue weighted by molar-refractivity contribution is 0.214. The Hall–Kier alpha value is -1.36. The van der Waals surface area contributed by atoms with Gasteiger partial charge < -0.3 is 10.5 Å². The maximum atomic E-state index is 6.18. The van der Waals surface area contributed by atoms with Crippen molar-refractivity contribution in [1.29, 1.82) is 0 Å². The minimum atomic E-state index is 0.0873. The molecule has 0 aliphatic carbocycles. The highest BCUT2D eigenvalue weighted by Gasteiger charge is 2.22. The molecular formula is C16H22N2OS. The van der Waals surface area contributed by atoms with E-state index in [-0.39, 0.29) is 12.1 Å². The summed E-state index contributed by atoms with van der Waals surface area (Å²) < 4.78 is 5.28. The largest absolute Gasteiger partial charge is 0.497 e. The zero-order chi connectivity index (χ0) is 14.5. The molecule has 2 aromatic rings. The van der Waals surface area contributed by atoms with Crippen molar-refractivity contribution in [2.75, 3.05) is 14.2 Å². The maximum absolute atomic E-state index is 6.18. The summed E-state index contributed by atoms with van der Waals surface area (Å²) in [4.78, 5) is 3.61. The third-order valence-corrected chi connectivity index (χ3v) is 4.32. The molecule has 1 heterocycles. The summed E-state index contributed by atoms with van der Waals surface area (Å²) >= 11 is 1.76. The molecule has 0 radical (unpaired) electrons. The van der Waals surface area contributed by atoms with Gasteiger partial charge in [-0.3, -0.25) is 4.90 Å². The van der Waals surface area contributed by atoms with Crippen LogP contribution >= 0.6 is 11.3 Å². The van der Waals surface area contributed by atoms with Crippen molar-refractivity contribution in [1.82, 2.24) is 4.90 Å². The van der Waals surface area contributed by atoms with E-state index < -0.39 is 0 Å². The number of hydrogen-bond acceptors (Lipinski definition) is 4. The van der Waals surface area contributed by atoms with Crippen LogP contribution in [0.1, 0.15) is 23.4 Å². The third kappa shape index (κ3) is 3.60. The Morgan fingerprint density at radius 2 is 2.10 bits per heavy atom. The second-order valence-corrected chi connectivity index (χ2v) is 6.07. The van der Waals surface area contributed by atoms with Crippen molar-refractivity contribution in [2.24, 2.45) is 5.73 Å². The predicted molar refractivity (Wildman–Crippen MR) is 85.2 cm³/mol. The number of thiophene rings is 1. The Bertz CT molecular complexity index is 525. The molecule has 108 valence electrons. The Balaban J connectivity index is 2.14. The minimum Gasteiger partial charge on any atom is -0.497 e. The Morgan fingerprint density at radius 3 is 2.70 bits per heavy atom. The second kappa shape index (κ2) is 6.88. The molecule has 2 rings (SSSR count). The molecule has 0 aliphatic heterocycles. The van der Waals surface area contributed by atoms with Gasteiger partial charge >= 0.3 is 0 Å². The maximum Gasteiger partial charge on any atom is 0.119 e. The lowest BCUT2D eigenvalue weighted by Crippen LogP contribution is -2.36. The smallest absolute Gasteiger partial charge is 0.119 e. The zero-order valence-electron chi connectivity index (χ0n) is 12.2. The van der Waals surface area contributed by atoms with Crippen LogP contribution in [-0.2, 0) is 6.54 Å². The number of likely N-dealkylation sites (N-methyl/N-ethyl adjacent to an activating group) is 1. The van der Waals surface area contributed by atoms with E-state index in [1.165, 1.54) is 10.4 Å². The van der Waals surface area contributed by atoms with Gasteiger partial charge in [0.2, 0.25) is 0 Å². The molecule has 2 unspecified atom stereocenters. The van der Waals surface area contributed by atoms with Gasteiger partial charge in [0.05, 0.1) is 13.2 Å². The number of hydrogen-bond donors (Lipinski definition) is 1. The molecule has 0 saturated heterocycles. The fourth-order valence-electron chi connectivity index (χ4n) is 2.49. The number of ether oxygens (including phenoxy) is 1. The standard InChI is InChI=1S/C16H22N2OS/c1-12(17)16(15-8-5-9-20-15)18(2)11-13-6-4-7-14(10-13)19-3/h4-10,12,16H,11,17H2,1-3H3. The number of methoxy groups -OCH3 is 1. The Kier molecular flexibility index (Phi) is 5.17. The van der Waals surface area contributed by atoms with Gasteiger partial charge in [-0.15, -0.1) is 11.3 Å². The van der Waals surface area contributed by atoms with Crippen LogP contribution in [0.15, 0.2) is 41.8 Å². The van der Waals surface area contributed by atoms with E-state index >= 15 is 0 Å². The second-order valence-electron chi connectivity index (χ2n) is 5.09. The normalized spacial score (nSPS) is 14.2. The number of nitrogens with zero attached hydrogens (tertiary/aromatic N) is 1. The molecule has 2 N–H and O–H groups in total. The fourth-order valence-corrected chi connectivity index (χ4v) is 3.50. The lowest BCUT2D eigenvalue weighted by atomic mass is 10.1. The topological polar surface area (TPSA) is 38.5 Å². The first kappa shape index (κ1) is 15.0. The van der Waals surface area contributed by atoms with Crippen molar-refractivity contribution in [3.05, 3.63) is 52.2 Å². The summed E-state index contributed by atoms with van der Waals surface area (Å²) in [5.41, 5.74) is 7.41. The van der Waals surface area contributed by atoms with E-state index in [0.29, 0.717) is 0 Å². The van der Waals surface area contributed by atoms with Gasteiger partial charge in [-0.2, -0.15) is 0 Å². The van der Waals surface area contributed by atoms with Gasteiger partial charge in [0, 0.05) is 17.5 Å². The molecule has 1 aromatic carbocycles. The highest BCUT2D eigenvalue weighted by atomic mass is 32.1. The summed E-state index contributed by atoms with van der Waals surface area (Å²) in [5.74, 6) is 0.893. The van der Waals surface area contributed by atoms with Gasteiger partial charge in [-0.1, -0.05) is 18.2 Å². The molecule has 4 heteroatoms. The molecule has 0 bridgehead atoms. The van der Waals surface area contributed by atoms with Gasteiger partial charge in [0.15, 0.2) is 0 Å². The van der Waals surface area contributed by atoms with Gasteiger partial charge in [0.1, 0.15) is 5.75 Å². The van der Waals surface area contributed by atoms with Crippen molar-refractivity contribution in [3.63, 3.8) is 0 Å². The van der Waals surface area contributed by atoms with Crippen LogP contribution in [0.25, 0.3) is 0 Å². The molecular weight excluding hydrogens is 268 g/mol. The van der Waals surface area contributed by atoms with Gasteiger partial charge in [-0.25, -0.2) is 0 Å². The van der Waals surface area contributed by atoms with Crippen LogP contribution in [0.4, 0.5) is 0 Å². The molecule has 0 spiro atoms. The van der Waals surface area contributed by atoms with Crippen LogP contribution in [0.3, 0.4) is 0 Å². The third-order valence-electron chi connectivity index (χ3n) is 3.37. The van der Waals surface area contributed by atoms with Crippen molar-refractivity contribution in [2.45, 2.75) is 25.6 Å². The van der Waals surface area contributed by atoms with E-state index in [9.17, 15) is 0 Å². The average Bonchev–Trinajstić information content (AvgIpc) is 2.92. The van der Waals surface area contributed by atoms with E-state index in [4.69, 9.17) is 10.5 Å². The number of rotatable bonds is 6. The summed E-state index contributed by atoms with van der Waals surface area (Å²) in [6.45, 7) is 2.91. The average molecular weight is 290 g/mol. The van der Waals surface area contributed by atoms with E-state index in [2.05, 4.69) is 48.5 Å². The monoisotopic (exact) mass is 290 g/mol. The summed E-state index contributed by atoms with van der Waals surface area (Å²) in [6.07, 6.45) is 0. The van der Waals surface area contributed by atoms with E-state index in [1.807, 2.05) is 12.1 Å². The van der Waals surface area contributed by atoms with Crippen LogP contribution in [0.2, 0.25) is 0 Å². The molecule has 0 amide bonds. The SMILES string of the molecule is COc1cccc(CN(C)C(c2cccs2)C(C)N)c1. The number of nitrogens with two attached hydrogens (primary N) is 1. The van der Waals surface area contributed by atoms with Crippen LogP contribution in [-0.4, -0.2) is 25.1 Å².